The summed E-state index contributed by atoms with van der Waals surface area (Å²) in [5.41, 5.74) is 3.04. The SMILES string of the molecule is C=C(C)P1c2ccccc2Oc2ccc(N3c4ccccc4Sc4ccc(-n5ccc6cccnc65)nc43)cc21. The normalized spacial score (nSPS) is 15.0. The highest BCUT2D eigenvalue weighted by Crippen LogP contribution is 2.54. The van der Waals surface area contributed by atoms with Crippen molar-refractivity contribution >= 4 is 58.5 Å². The quantitative estimate of drug-likeness (QED) is 0.205. The number of hydrogen-bond donors (Lipinski definition) is 0. The minimum atomic E-state index is -0.774. The van der Waals surface area contributed by atoms with E-state index in [-0.39, 0.29) is 0 Å². The lowest BCUT2D eigenvalue weighted by Crippen LogP contribution is -2.23. The van der Waals surface area contributed by atoms with Crippen molar-refractivity contribution in [3.05, 3.63) is 121 Å². The van der Waals surface area contributed by atoms with Crippen molar-refractivity contribution in [1.29, 1.82) is 0 Å². The summed E-state index contributed by atoms with van der Waals surface area (Å²) in [5.74, 6) is 3.54. The second-order valence-corrected chi connectivity index (χ2v) is 13.3. The highest BCUT2D eigenvalue weighted by molar-refractivity contribution is 7.99. The Morgan fingerprint density at radius 1 is 0.850 bits per heavy atom. The van der Waals surface area contributed by atoms with Crippen molar-refractivity contribution < 1.29 is 4.74 Å². The van der Waals surface area contributed by atoms with Crippen LogP contribution in [0.15, 0.2) is 131 Å². The van der Waals surface area contributed by atoms with Gasteiger partial charge in [-0.25, -0.2) is 9.97 Å². The van der Waals surface area contributed by atoms with Crippen LogP contribution in [-0.2, 0) is 0 Å². The zero-order valence-corrected chi connectivity index (χ0v) is 23.4. The fourth-order valence-electron chi connectivity index (χ4n) is 5.47. The Bertz CT molecular complexity index is 1980. The first-order chi connectivity index (χ1) is 19.7. The molecule has 2 aliphatic rings. The van der Waals surface area contributed by atoms with Gasteiger partial charge in [-0.3, -0.25) is 9.47 Å². The molecule has 0 bridgehead atoms. The van der Waals surface area contributed by atoms with E-state index in [1.54, 1.807) is 11.8 Å². The molecule has 0 fully saturated rings. The van der Waals surface area contributed by atoms with Gasteiger partial charge in [0.25, 0.3) is 0 Å². The third-order valence-corrected chi connectivity index (χ3v) is 10.8. The average molecular weight is 555 g/mol. The zero-order chi connectivity index (χ0) is 26.8. The molecule has 8 rings (SSSR count). The highest BCUT2D eigenvalue weighted by Gasteiger charge is 2.31. The lowest BCUT2D eigenvalue weighted by Gasteiger charge is -2.34. The van der Waals surface area contributed by atoms with Gasteiger partial charge in [-0.2, -0.15) is 0 Å². The summed E-state index contributed by atoms with van der Waals surface area (Å²) in [6, 6.07) is 33.7. The zero-order valence-electron chi connectivity index (χ0n) is 21.7. The smallest absolute Gasteiger partial charge is 0.154 e. The maximum absolute atomic E-state index is 6.37. The number of rotatable bonds is 3. The minimum absolute atomic E-state index is 0.774. The molecule has 0 amide bonds. The number of anilines is 3. The Morgan fingerprint density at radius 3 is 2.62 bits per heavy atom. The predicted molar refractivity (Wildman–Crippen MR) is 165 cm³/mol. The van der Waals surface area contributed by atoms with E-state index in [4.69, 9.17) is 9.72 Å². The first kappa shape index (κ1) is 23.5. The molecule has 192 valence electrons. The number of aromatic nitrogens is 3. The van der Waals surface area contributed by atoms with Crippen LogP contribution in [0, 0.1) is 0 Å². The van der Waals surface area contributed by atoms with Crippen LogP contribution >= 0.6 is 19.7 Å². The number of nitrogens with zero attached hydrogens (tertiary/aromatic N) is 4. The average Bonchev–Trinajstić information content (AvgIpc) is 3.42. The van der Waals surface area contributed by atoms with Gasteiger partial charge < -0.3 is 4.74 Å². The van der Waals surface area contributed by atoms with Crippen molar-refractivity contribution in [3.8, 4) is 17.3 Å². The van der Waals surface area contributed by atoms with E-state index >= 15 is 0 Å². The van der Waals surface area contributed by atoms with Crippen LogP contribution in [0.2, 0.25) is 0 Å². The first-order valence-corrected chi connectivity index (χ1v) is 15.2. The Labute approximate surface area is 237 Å². The molecule has 5 heterocycles. The molecule has 0 aliphatic carbocycles. The van der Waals surface area contributed by atoms with E-state index < -0.39 is 7.92 Å². The summed E-state index contributed by atoms with van der Waals surface area (Å²) >= 11 is 1.75. The Balaban J connectivity index is 1.31. The first-order valence-electron chi connectivity index (χ1n) is 13.0. The van der Waals surface area contributed by atoms with E-state index in [0.717, 1.165) is 55.8 Å². The van der Waals surface area contributed by atoms with Gasteiger partial charge in [-0.1, -0.05) is 48.7 Å². The van der Waals surface area contributed by atoms with Gasteiger partial charge in [0.15, 0.2) is 5.82 Å². The van der Waals surface area contributed by atoms with Crippen molar-refractivity contribution in [1.82, 2.24) is 14.5 Å². The second kappa shape index (κ2) is 9.09. The number of para-hydroxylation sites is 2. The van der Waals surface area contributed by atoms with Crippen LogP contribution < -0.4 is 20.2 Å². The van der Waals surface area contributed by atoms with E-state index in [9.17, 15) is 0 Å². The molecule has 6 aromatic rings. The summed E-state index contributed by atoms with van der Waals surface area (Å²) in [4.78, 5) is 14.4. The number of pyridine rings is 2. The largest absolute Gasteiger partial charge is 0.456 e. The number of ether oxygens (including phenoxy) is 1. The van der Waals surface area contributed by atoms with Crippen molar-refractivity contribution in [2.75, 3.05) is 4.90 Å². The maximum Gasteiger partial charge on any atom is 0.154 e. The standard InChI is InChI=1S/C33H23N4OPS/c1-21(2)39-27-11-5-4-10-25(27)38-26-14-13-23(20-28(26)39)37-24-9-3-6-12-29(24)40-30-15-16-31(35-33(30)37)36-19-17-22-8-7-18-34-32(22)36/h3-20H,1H2,2H3. The molecule has 3 aromatic heterocycles. The number of allylic oxidation sites excluding steroid dienone is 1. The lowest BCUT2D eigenvalue weighted by molar-refractivity contribution is 0.488. The molecule has 3 aromatic carbocycles. The van der Waals surface area contributed by atoms with Gasteiger partial charge in [0, 0.05) is 39.0 Å². The number of benzene rings is 3. The Hall–Kier alpha value is -4.38. The molecule has 2 aliphatic heterocycles. The lowest BCUT2D eigenvalue weighted by atomic mass is 10.2. The monoisotopic (exact) mass is 554 g/mol. The molecule has 0 saturated heterocycles. The Morgan fingerprint density at radius 2 is 1.70 bits per heavy atom. The van der Waals surface area contributed by atoms with Gasteiger partial charge in [-0.15, -0.1) is 0 Å². The molecule has 0 N–H and O–H groups in total. The van der Waals surface area contributed by atoms with Crippen LogP contribution in [0.1, 0.15) is 6.92 Å². The molecule has 5 nitrogen and oxygen atoms in total. The molecule has 7 heteroatoms. The van der Waals surface area contributed by atoms with Crippen molar-refractivity contribution in [2.45, 2.75) is 16.7 Å². The highest BCUT2D eigenvalue weighted by atomic mass is 32.2. The summed E-state index contributed by atoms with van der Waals surface area (Å²) in [6.07, 6.45) is 3.86. The number of hydrogen-bond acceptors (Lipinski definition) is 5. The molecular weight excluding hydrogens is 531 g/mol. The summed E-state index contributed by atoms with van der Waals surface area (Å²) in [7, 11) is -0.774. The number of fused-ring (bicyclic) bond motifs is 5. The summed E-state index contributed by atoms with van der Waals surface area (Å²) < 4.78 is 8.43. The molecule has 1 unspecified atom stereocenters. The second-order valence-electron chi connectivity index (χ2n) is 9.79. The van der Waals surface area contributed by atoms with Crippen LogP contribution in [0.4, 0.5) is 17.2 Å². The molecule has 1 atom stereocenters. The topological polar surface area (TPSA) is 43.2 Å². The molecule has 0 spiro atoms. The van der Waals surface area contributed by atoms with Gasteiger partial charge in [0.2, 0.25) is 0 Å². The van der Waals surface area contributed by atoms with Crippen LogP contribution in [0.3, 0.4) is 0 Å². The van der Waals surface area contributed by atoms with E-state index in [0.29, 0.717) is 0 Å². The molecule has 40 heavy (non-hydrogen) atoms. The van der Waals surface area contributed by atoms with Crippen molar-refractivity contribution in [2.24, 2.45) is 0 Å². The molecule has 0 radical (unpaired) electrons. The van der Waals surface area contributed by atoms with Gasteiger partial charge in [0.1, 0.15) is 23.0 Å². The van der Waals surface area contributed by atoms with Crippen LogP contribution in [0.5, 0.6) is 11.5 Å². The Kier molecular flexibility index (Phi) is 5.34. The van der Waals surface area contributed by atoms with Gasteiger partial charge >= 0.3 is 0 Å². The van der Waals surface area contributed by atoms with Gasteiger partial charge in [-0.05, 0) is 86.9 Å². The van der Waals surface area contributed by atoms with E-state index in [1.165, 1.54) is 15.5 Å². The summed E-state index contributed by atoms with van der Waals surface area (Å²) in [5, 5.41) is 4.61. The van der Waals surface area contributed by atoms with Crippen LogP contribution in [0.25, 0.3) is 16.9 Å². The van der Waals surface area contributed by atoms with Crippen molar-refractivity contribution in [3.63, 3.8) is 0 Å². The third kappa shape index (κ3) is 3.60. The minimum Gasteiger partial charge on any atom is -0.456 e. The van der Waals surface area contributed by atoms with E-state index in [1.807, 2.05) is 30.6 Å². The fraction of sp³-hybridized carbons (Fsp3) is 0.0303. The summed E-state index contributed by atoms with van der Waals surface area (Å²) in [6.45, 7) is 6.51. The molecule has 0 saturated carbocycles. The van der Waals surface area contributed by atoms with Crippen LogP contribution in [-0.4, -0.2) is 14.5 Å². The maximum atomic E-state index is 6.37. The predicted octanol–water partition coefficient (Wildman–Crippen LogP) is 8.43. The van der Waals surface area contributed by atoms with Gasteiger partial charge in [0.05, 0.1) is 10.6 Å². The third-order valence-electron chi connectivity index (χ3n) is 7.21. The molecular formula is C33H23N4OPS. The fourth-order valence-corrected chi connectivity index (χ4v) is 8.74. The van der Waals surface area contributed by atoms with E-state index in [2.05, 4.69) is 107 Å².